The molecule has 2 aromatic carbocycles. The van der Waals surface area contributed by atoms with Crippen molar-refractivity contribution in [2.24, 2.45) is 7.05 Å². The van der Waals surface area contributed by atoms with Gasteiger partial charge in [-0.1, -0.05) is 6.07 Å². The van der Waals surface area contributed by atoms with E-state index in [4.69, 9.17) is 9.47 Å². The maximum Gasteiger partial charge on any atom is 0.270 e. The van der Waals surface area contributed by atoms with Crippen molar-refractivity contribution in [3.63, 3.8) is 0 Å². The summed E-state index contributed by atoms with van der Waals surface area (Å²) in [6.07, 6.45) is 1.12. The predicted octanol–water partition coefficient (Wildman–Crippen LogP) is 3.39. The minimum Gasteiger partial charge on any atom is -0.493 e. The van der Waals surface area contributed by atoms with Crippen LogP contribution in [0.15, 0.2) is 36.4 Å². The Balaban J connectivity index is 1.69. The van der Waals surface area contributed by atoms with Crippen molar-refractivity contribution in [2.75, 3.05) is 25.7 Å². The lowest BCUT2D eigenvalue weighted by atomic mass is 10.1. The Morgan fingerprint density at radius 2 is 1.90 bits per heavy atom. The van der Waals surface area contributed by atoms with Crippen LogP contribution in [0.5, 0.6) is 11.5 Å². The van der Waals surface area contributed by atoms with Crippen molar-refractivity contribution in [1.82, 2.24) is 9.88 Å². The number of methoxy groups -OCH3 is 2. The standard InChI is InChI=1S/C23H24FN3O4/c1-26-17-8-7-15(24)12-16(17)21(27-10-4-5-20(27)28)22(26)23(29)25-13-14-6-9-18(30-2)19(11-14)31-3/h6-9,11-12H,4-5,10,13H2,1-3H3,(H,25,29). The van der Waals surface area contributed by atoms with Crippen molar-refractivity contribution in [3.05, 3.63) is 53.5 Å². The zero-order valence-corrected chi connectivity index (χ0v) is 17.7. The highest BCUT2D eigenvalue weighted by atomic mass is 19.1. The number of hydrogen-bond donors (Lipinski definition) is 1. The molecular weight excluding hydrogens is 401 g/mol. The number of carbonyl (C=O) groups is 2. The quantitative estimate of drug-likeness (QED) is 0.657. The Morgan fingerprint density at radius 3 is 2.58 bits per heavy atom. The van der Waals surface area contributed by atoms with E-state index in [0.717, 1.165) is 5.56 Å². The van der Waals surface area contributed by atoms with Crippen LogP contribution in [0, 0.1) is 5.82 Å². The van der Waals surface area contributed by atoms with Gasteiger partial charge in [0.25, 0.3) is 5.91 Å². The molecule has 4 rings (SSSR count). The van der Waals surface area contributed by atoms with Crippen molar-refractivity contribution in [1.29, 1.82) is 0 Å². The topological polar surface area (TPSA) is 72.8 Å². The zero-order valence-electron chi connectivity index (χ0n) is 17.7. The normalized spacial score (nSPS) is 13.7. The van der Waals surface area contributed by atoms with E-state index < -0.39 is 5.82 Å². The molecule has 1 saturated heterocycles. The van der Waals surface area contributed by atoms with Crippen LogP contribution in [0.25, 0.3) is 10.9 Å². The highest BCUT2D eigenvalue weighted by Crippen LogP contribution is 2.36. The molecule has 1 N–H and O–H groups in total. The van der Waals surface area contributed by atoms with Crippen LogP contribution in [0.3, 0.4) is 0 Å². The number of ether oxygens (including phenoxy) is 2. The largest absolute Gasteiger partial charge is 0.493 e. The van der Waals surface area contributed by atoms with E-state index in [1.165, 1.54) is 12.1 Å². The first-order valence-corrected chi connectivity index (χ1v) is 10.0. The molecule has 7 nitrogen and oxygen atoms in total. The number of hydrogen-bond acceptors (Lipinski definition) is 4. The molecule has 0 bridgehead atoms. The first kappa shape index (κ1) is 20.7. The molecule has 0 spiro atoms. The Kier molecular flexibility index (Phi) is 5.54. The van der Waals surface area contributed by atoms with E-state index in [0.29, 0.717) is 53.2 Å². The number of carbonyl (C=O) groups excluding carboxylic acids is 2. The first-order chi connectivity index (χ1) is 14.9. The number of benzene rings is 2. The van der Waals surface area contributed by atoms with Crippen molar-refractivity contribution < 1.29 is 23.5 Å². The SMILES string of the molecule is COc1ccc(CNC(=O)c2c(N3CCCC3=O)c3cc(F)ccc3n2C)cc1OC. The van der Waals surface area contributed by atoms with Crippen molar-refractivity contribution in [3.8, 4) is 11.5 Å². The van der Waals surface area contributed by atoms with Crippen LogP contribution < -0.4 is 19.7 Å². The van der Waals surface area contributed by atoms with Crippen LogP contribution in [0.4, 0.5) is 10.1 Å². The maximum absolute atomic E-state index is 14.0. The summed E-state index contributed by atoms with van der Waals surface area (Å²) in [7, 11) is 4.85. The van der Waals surface area contributed by atoms with E-state index in [2.05, 4.69) is 5.32 Å². The van der Waals surface area contributed by atoms with Gasteiger partial charge in [0, 0.05) is 31.9 Å². The molecule has 0 saturated carbocycles. The van der Waals surface area contributed by atoms with Crippen LogP contribution in [0.1, 0.15) is 28.9 Å². The Bertz CT molecular complexity index is 1170. The second kappa shape index (κ2) is 8.29. The third-order valence-corrected chi connectivity index (χ3v) is 5.59. The average molecular weight is 425 g/mol. The highest BCUT2D eigenvalue weighted by molar-refractivity contribution is 6.14. The molecule has 162 valence electrons. The molecule has 0 aliphatic carbocycles. The fourth-order valence-electron chi connectivity index (χ4n) is 4.07. The van der Waals surface area contributed by atoms with Gasteiger partial charge in [-0.15, -0.1) is 0 Å². The highest BCUT2D eigenvalue weighted by Gasteiger charge is 2.31. The van der Waals surface area contributed by atoms with Gasteiger partial charge in [0.2, 0.25) is 5.91 Å². The van der Waals surface area contributed by atoms with Crippen LogP contribution >= 0.6 is 0 Å². The number of amides is 2. The molecule has 3 aromatic rings. The summed E-state index contributed by atoms with van der Waals surface area (Å²) in [5.74, 6) is 0.346. The minimum atomic E-state index is -0.414. The molecule has 1 fully saturated rings. The lowest BCUT2D eigenvalue weighted by Crippen LogP contribution is -2.30. The lowest BCUT2D eigenvalue weighted by Gasteiger charge is -2.18. The number of aryl methyl sites for hydroxylation is 1. The van der Waals surface area contributed by atoms with Gasteiger partial charge in [0.15, 0.2) is 11.5 Å². The summed E-state index contributed by atoms with van der Waals surface area (Å²) in [6.45, 7) is 0.757. The number of nitrogens with one attached hydrogen (secondary N) is 1. The maximum atomic E-state index is 14.0. The van der Waals surface area contributed by atoms with Crippen LogP contribution in [-0.4, -0.2) is 37.1 Å². The third-order valence-electron chi connectivity index (χ3n) is 5.59. The average Bonchev–Trinajstić information content (AvgIpc) is 3.31. The third kappa shape index (κ3) is 3.69. The van der Waals surface area contributed by atoms with E-state index in [-0.39, 0.29) is 18.4 Å². The van der Waals surface area contributed by atoms with Gasteiger partial charge in [0.1, 0.15) is 11.5 Å². The first-order valence-electron chi connectivity index (χ1n) is 10.0. The summed E-state index contributed by atoms with van der Waals surface area (Å²) >= 11 is 0. The Morgan fingerprint density at radius 1 is 1.13 bits per heavy atom. The summed E-state index contributed by atoms with van der Waals surface area (Å²) in [4.78, 5) is 27.3. The Labute approximate surface area is 179 Å². The van der Waals surface area contributed by atoms with E-state index in [1.807, 2.05) is 6.07 Å². The van der Waals surface area contributed by atoms with Crippen LogP contribution in [-0.2, 0) is 18.4 Å². The lowest BCUT2D eigenvalue weighted by molar-refractivity contribution is -0.117. The molecule has 1 aromatic heterocycles. The molecule has 8 heteroatoms. The summed E-state index contributed by atoms with van der Waals surface area (Å²) < 4.78 is 26.3. The van der Waals surface area contributed by atoms with Gasteiger partial charge in [-0.3, -0.25) is 9.59 Å². The van der Waals surface area contributed by atoms with E-state index in [9.17, 15) is 14.0 Å². The van der Waals surface area contributed by atoms with Crippen LogP contribution in [0.2, 0.25) is 0 Å². The second-order valence-corrected chi connectivity index (χ2v) is 7.44. The molecule has 0 unspecified atom stereocenters. The van der Waals surface area contributed by atoms with Crippen molar-refractivity contribution >= 4 is 28.4 Å². The summed E-state index contributed by atoms with van der Waals surface area (Å²) in [6, 6.07) is 9.75. The molecule has 1 aliphatic rings. The second-order valence-electron chi connectivity index (χ2n) is 7.44. The molecule has 0 atom stereocenters. The van der Waals surface area contributed by atoms with Gasteiger partial charge < -0.3 is 24.3 Å². The van der Waals surface area contributed by atoms with Gasteiger partial charge in [-0.05, 0) is 42.3 Å². The number of nitrogens with zero attached hydrogens (tertiary/aromatic N) is 2. The van der Waals surface area contributed by atoms with Gasteiger partial charge >= 0.3 is 0 Å². The van der Waals surface area contributed by atoms with Gasteiger partial charge in [-0.25, -0.2) is 4.39 Å². The molecule has 2 heterocycles. The number of fused-ring (bicyclic) bond motifs is 1. The molecule has 31 heavy (non-hydrogen) atoms. The van der Waals surface area contributed by atoms with Gasteiger partial charge in [-0.2, -0.15) is 0 Å². The molecular formula is C23H24FN3O4. The van der Waals surface area contributed by atoms with Crippen molar-refractivity contribution in [2.45, 2.75) is 19.4 Å². The van der Waals surface area contributed by atoms with E-state index in [1.54, 1.807) is 48.9 Å². The van der Waals surface area contributed by atoms with E-state index >= 15 is 0 Å². The number of aromatic nitrogens is 1. The monoisotopic (exact) mass is 425 g/mol. The zero-order chi connectivity index (χ0) is 22.1. The predicted molar refractivity (Wildman–Crippen MR) is 115 cm³/mol. The fourth-order valence-corrected chi connectivity index (χ4v) is 4.07. The van der Waals surface area contributed by atoms with Gasteiger partial charge in [0.05, 0.1) is 25.4 Å². The fraction of sp³-hybridized carbons (Fsp3) is 0.304. The smallest absolute Gasteiger partial charge is 0.270 e. The number of rotatable bonds is 6. The molecule has 0 radical (unpaired) electrons. The summed E-state index contributed by atoms with van der Waals surface area (Å²) in [5.41, 5.74) is 2.31. The summed E-state index contributed by atoms with van der Waals surface area (Å²) in [5, 5.41) is 3.46. The molecule has 1 aliphatic heterocycles. The minimum absolute atomic E-state index is 0.0642. The number of anilines is 1. The molecule has 2 amide bonds. The Hall–Kier alpha value is -3.55. The number of halogens is 1.